The van der Waals surface area contributed by atoms with Gasteiger partial charge < -0.3 is 5.32 Å². The number of hydrogen-bond acceptors (Lipinski definition) is 5. The fourth-order valence-electron chi connectivity index (χ4n) is 10.3. The van der Waals surface area contributed by atoms with Crippen molar-refractivity contribution in [1.29, 1.82) is 0 Å². The Balaban J connectivity index is 0.819. The molecule has 0 bridgehead atoms. The van der Waals surface area contributed by atoms with Crippen LogP contribution < -0.4 is 10.6 Å². The molecule has 0 radical (unpaired) electrons. The molecule has 1 aliphatic heterocycles. The number of rotatable bonds is 9. The first-order valence-electron chi connectivity index (χ1n) is 24.6. The third-order valence-electron chi connectivity index (χ3n) is 14.0. The summed E-state index contributed by atoms with van der Waals surface area (Å²) in [4.78, 5) is 15.4. The number of aromatic nitrogens is 2. The summed E-state index contributed by atoms with van der Waals surface area (Å²) in [6.45, 7) is 0. The highest BCUT2D eigenvalue weighted by molar-refractivity contribution is 6.12. The summed E-state index contributed by atoms with van der Waals surface area (Å²) >= 11 is 0. The molecule has 0 fully saturated rings. The number of benzene rings is 11. The van der Waals surface area contributed by atoms with Crippen LogP contribution in [0.3, 0.4) is 0 Å². The van der Waals surface area contributed by atoms with Crippen molar-refractivity contribution in [3.63, 3.8) is 0 Å². The number of fused-ring (bicyclic) bond motifs is 3. The van der Waals surface area contributed by atoms with Gasteiger partial charge in [0.05, 0.1) is 11.4 Å². The van der Waals surface area contributed by atoms with Crippen molar-refractivity contribution < 1.29 is 0 Å². The molecule has 2 unspecified atom stereocenters. The second-order valence-corrected chi connectivity index (χ2v) is 18.4. The van der Waals surface area contributed by atoms with E-state index in [1.807, 2.05) is 36.4 Å². The van der Waals surface area contributed by atoms with Crippen molar-refractivity contribution >= 4 is 38.2 Å². The monoisotopic (exact) mass is 921 g/mol. The van der Waals surface area contributed by atoms with Gasteiger partial charge >= 0.3 is 0 Å². The predicted molar refractivity (Wildman–Crippen MR) is 298 cm³/mol. The van der Waals surface area contributed by atoms with Crippen molar-refractivity contribution in [2.45, 2.75) is 12.3 Å². The van der Waals surface area contributed by atoms with Crippen LogP contribution in [0.25, 0.3) is 99.6 Å². The highest BCUT2D eigenvalue weighted by Gasteiger charge is 2.26. The van der Waals surface area contributed by atoms with Crippen LogP contribution in [0, 0.1) is 0 Å². The Kier molecular flexibility index (Phi) is 11.0. The van der Waals surface area contributed by atoms with Crippen LogP contribution in [-0.2, 0) is 0 Å². The summed E-state index contributed by atoms with van der Waals surface area (Å²) in [7, 11) is 0. The molecule has 5 heteroatoms. The van der Waals surface area contributed by atoms with Crippen molar-refractivity contribution in [3.05, 3.63) is 278 Å². The Labute approximate surface area is 418 Å². The Morgan fingerprint density at radius 2 is 0.750 bits per heavy atom. The van der Waals surface area contributed by atoms with Crippen molar-refractivity contribution in [2.24, 2.45) is 4.99 Å². The molecule has 0 saturated carbocycles. The van der Waals surface area contributed by atoms with Crippen molar-refractivity contribution in [2.75, 3.05) is 0 Å². The number of amidine groups is 1. The zero-order valence-electron chi connectivity index (χ0n) is 39.3. The summed E-state index contributed by atoms with van der Waals surface area (Å²) in [5.74, 6) is 1.58. The highest BCUT2D eigenvalue weighted by Crippen LogP contribution is 2.42. The lowest BCUT2D eigenvalue weighted by molar-refractivity contribution is 0.409. The number of hydrogen-bond donors (Lipinski definition) is 2. The number of nitrogens with one attached hydrogen (secondary N) is 2. The van der Waals surface area contributed by atoms with Gasteiger partial charge in [-0.15, -0.1) is 0 Å². The third-order valence-corrected chi connectivity index (χ3v) is 14.0. The fourth-order valence-corrected chi connectivity index (χ4v) is 10.3. The molecule has 1 aliphatic rings. The molecule has 13 rings (SSSR count). The van der Waals surface area contributed by atoms with Crippen LogP contribution in [0.2, 0.25) is 0 Å². The molecule has 0 saturated heterocycles. The largest absolute Gasteiger partial charge is 0.350 e. The third kappa shape index (κ3) is 8.18. The van der Waals surface area contributed by atoms with Crippen LogP contribution in [0.5, 0.6) is 0 Å². The lowest BCUT2D eigenvalue weighted by atomic mass is 9.88. The predicted octanol–water partition coefficient (Wildman–Crippen LogP) is 16.3. The quantitative estimate of drug-likeness (QED) is 0.151. The van der Waals surface area contributed by atoms with Crippen LogP contribution in [-0.4, -0.2) is 15.8 Å². The average molecular weight is 922 g/mol. The lowest BCUT2D eigenvalue weighted by Gasteiger charge is -2.32. The SMILES string of the molecule is c1ccc(-c2cc(-c3ccc(-c4ccc(-c5ccc(-c6ccc(C7N=C(c8ccc9ccccc9c8)NC(c8ccccc8)N7)cc6)c6ccccc56)c5ccccc45)cc3)nc(-c3ccccc3)n2)cc1. The first kappa shape index (κ1) is 42.8. The molecular formula is C67H47N5. The van der Waals surface area contributed by atoms with Crippen LogP contribution >= 0.6 is 0 Å². The first-order chi connectivity index (χ1) is 35.7. The number of nitrogens with zero attached hydrogens (tertiary/aromatic N) is 3. The van der Waals surface area contributed by atoms with Gasteiger partial charge in [-0.05, 0) is 89.0 Å². The molecule has 0 aliphatic carbocycles. The minimum Gasteiger partial charge on any atom is -0.350 e. The van der Waals surface area contributed by atoms with Crippen molar-refractivity contribution in [3.8, 4) is 67.3 Å². The Hall–Kier alpha value is -9.29. The standard InChI is InChI=1S/C67H47N5/c1-4-17-47(18-5-1)62-43-63(69-64(68-62)49-19-6-2-7-20-49)48-33-29-45(30-34-48)54-38-40-60(58-26-14-12-24-56(54)58)61-41-39-55(57-25-13-15-27-59(57)61)46-31-35-51(36-32-46)66-70-65(50-21-8-3-9-22-50)71-67(72-66)53-37-28-44-16-10-11-23-52(44)42-53/h1-43,65-66,70H,(H,71,72). The molecule has 12 aromatic rings. The molecule has 1 aromatic heterocycles. The molecule has 2 atom stereocenters. The summed E-state index contributed by atoms with van der Waals surface area (Å²) in [6.07, 6.45) is -0.365. The maximum atomic E-state index is 5.28. The Morgan fingerprint density at radius 1 is 0.306 bits per heavy atom. The molecule has 0 spiro atoms. The number of aliphatic imine (C=N–C) groups is 1. The first-order valence-corrected chi connectivity index (χ1v) is 24.6. The van der Waals surface area contributed by atoms with E-state index in [0.717, 1.165) is 61.7 Å². The van der Waals surface area contributed by atoms with Gasteiger partial charge in [0.1, 0.15) is 18.2 Å². The van der Waals surface area contributed by atoms with E-state index in [0.29, 0.717) is 5.82 Å². The summed E-state index contributed by atoms with van der Waals surface area (Å²) in [5, 5.41) is 14.7. The minimum absolute atomic E-state index is 0.115. The zero-order chi connectivity index (χ0) is 47.8. The second kappa shape index (κ2) is 18.6. The summed E-state index contributed by atoms with van der Waals surface area (Å²) in [6, 6.07) is 92.7. The van der Waals surface area contributed by atoms with E-state index < -0.39 is 0 Å². The van der Waals surface area contributed by atoms with E-state index in [-0.39, 0.29) is 12.3 Å². The van der Waals surface area contributed by atoms with E-state index in [9.17, 15) is 0 Å². The van der Waals surface area contributed by atoms with Gasteiger partial charge in [0, 0.05) is 22.3 Å². The van der Waals surface area contributed by atoms with Crippen LogP contribution in [0.15, 0.2) is 266 Å². The van der Waals surface area contributed by atoms with E-state index >= 15 is 0 Å². The average Bonchev–Trinajstić information content (AvgIpc) is 3.47. The second-order valence-electron chi connectivity index (χ2n) is 18.4. The fraction of sp³-hybridized carbons (Fsp3) is 0.0299. The Bertz CT molecular complexity index is 3910. The van der Waals surface area contributed by atoms with Gasteiger partial charge in [-0.25, -0.2) is 15.0 Å². The molecule has 2 heterocycles. The summed E-state index contributed by atoms with van der Waals surface area (Å²) in [5.41, 5.74) is 15.3. The molecule has 72 heavy (non-hydrogen) atoms. The normalized spacial score (nSPS) is 14.5. The molecular weight excluding hydrogens is 875 g/mol. The topological polar surface area (TPSA) is 62.2 Å². The van der Waals surface area contributed by atoms with E-state index in [4.69, 9.17) is 15.0 Å². The molecule has 0 amide bonds. The molecule has 2 N–H and O–H groups in total. The molecule has 340 valence electrons. The van der Waals surface area contributed by atoms with Gasteiger partial charge in [0.15, 0.2) is 5.82 Å². The molecule has 11 aromatic carbocycles. The van der Waals surface area contributed by atoms with Gasteiger partial charge in [0.25, 0.3) is 0 Å². The maximum Gasteiger partial charge on any atom is 0.160 e. The van der Waals surface area contributed by atoms with Gasteiger partial charge in [-0.3, -0.25) is 5.32 Å². The summed E-state index contributed by atoms with van der Waals surface area (Å²) < 4.78 is 0. The minimum atomic E-state index is -0.250. The maximum absolute atomic E-state index is 5.28. The van der Waals surface area contributed by atoms with Crippen molar-refractivity contribution in [1.82, 2.24) is 20.6 Å². The van der Waals surface area contributed by atoms with Gasteiger partial charge in [-0.2, -0.15) is 0 Å². The lowest BCUT2D eigenvalue weighted by Crippen LogP contribution is -2.44. The van der Waals surface area contributed by atoms with Gasteiger partial charge in [0.2, 0.25) is 0 Å². The van der Waals surface area contributed by atoms with E-state index in [1.165, 1.54) is 54.6 Å². The van der Waals surface area contributed by atoms with Crippen LogP contribution in [0.1, 0.15) is 29.0 Å². The smallest absolute Gasteiger partial charge is 0.160 e. The van der Waals surface area contributed by atoms with Crippen LogP contribution in [0.4, 0.5) is 0 Å². The zero-order valence-corrected chi connectivity index (χ0v) is 39.3. The Morgan fingerprint density at radius 3 is 1.35 bits per heavy atom. The van der Waals surface area contributed by atoms with Gasteiger partial charge in [-0.1, -0.05) is 249 Å². The van der Waals surface area contributed by atoms with E-state index in [2.05, 4.69) is 235 Å². The van der Waals surface area contributed by atoms with E-state index in [1.54, 1.807) is 0 Å². The molecule has 5 nitrogen and oxygen atoms in total. The highest BCUT2D eigenvalue weighted by atomic mass is 15.3.